The van der Waals surface area contributed by atoms with Crippen LogP contribution >= 0.6 is 0 Å². The Hall–Kier alpha value is -0.200. The van der Waals surface area contributed by atoms with Crippen molar-refractivity contribution in [3.8, 4) is 0 Å². The summed E-state index contributed by atoms with van der Waals surface area (Å²) < 4.78 is 9.61. The van der Waals surface area contributed by atoms with Gasteiger partial charge in [-0.15, -0.1) is 0 Å². The summed E-state index contributed by atoms with van der Waals surface area (Å²) >= 11 is 0. The van der Waals surface area contributed by atoms with Gasteiger partial charge in [-0.05, 0) is 6.92 Å². The Balaban J connectivity index is 2.78. The molecule has 5 heteroatoms. The molecule has 1 aliphatic heterocycles. The summed E-state index contributed by atoms with van der Waals surface area (Å²) in [4.78, 5) is 0. The summed E-state index contributed by atoms with van der Waals surface area (Å²) in [6, 6.07) is 0. The molecule has 0 aromatic heterocycles. The normalized spacial score (nSPS) is 49.2. The lowest BCUT2D eigenvalue weighted by Crippen LogP contribution is -2.62. The van der Waals surface area contributed by atoms with Gasteiger partial charge >= 0.3 is 0 Å². The van der Waals surface area contributed by atoms with E-state index in [2.05, 4.69) is 4.74 Å². The van der Waals surface area contributed by atoms with Gasteiger partial charge in [-0.25, -0.2) is 0 Å². The van der Waals surface area contributed by atoms with E-state index in [-0.39, 0.29) is 6.61 Å². The van der Waals surface area contributed by atoms with Crippen molar-refractivity contribution >= 4 is 0 Å². The van der Waals surface area contributed by atoms with E-state index in [1.54, 1.807) is 0 Å². The van der Waals surface area contributed by atoms with Crippen molar-refractivity contribution in [1.29, 1.82) is 0 Å². The second-order valence-electron chi connectivity index (χ2n) is 3.07. The van der Waals surface area contributed by atoms with Crippen molar-refractivity contribution in [2.24, 2.45) is 0 Å². The van der Waals surface area contributed by atoms with Crippen LogP contribution in [0.5, 0.6) is 0 Å². The molecule has 0 saturated carbocycles. The molecule has 1 fully saturated rings. The van der Waals surface area contributed by atoms with E-state index in [1.807, 2.05) is 0 Å². The fourth-order valence-corrected chi connectivity index (χ4v) is 1.18. The fourth-order valence-electron chi connectivity index (χ4n) is 1.18. The van der Waals surface area contributed by atoms with Gasteiger partial charge in [0.2, 0.25) is 0 Å². The molecule has 4 atom stereocenters. The molecule has 1 rings (SSSR count). The highest BCUT2D eigenvalue weighted by Crippen LogP contribution is 2.27. The average molecular weight is 178 g/mol. The van der Waals surface area contributed by atoms with Crippen molar-refractivity contribution in [3.63, 3.8) is 0 Å². The van der Waals surface area contributed by atoms with Crippen LogP contribution in [0.2, 0.25) is 0 Å². The predicted octanol–water partition coefficient (Wildman–Crippen LogP) is -1.54. The lowest BCUT2D eigenvalue weighted by Gasteiger charge is -2.43. The van der Waals surface area contributed by atoms with Crippen molar-refractivity contribution in [1.82, 2.24) is 0 Å². The van der Waals surface area contributed by atoms with Crippen LogP contribution in [0, 0.1) is 0 Å². The molecule has 0 bridgehead atoms. The molecular formula is C7H14O5. The van der Waals surface area contributed by atoms with Crippen LogP contribution in [0.4, 0.5) is 0 Å². The Morgan fingerprint density at radius 2 is 2.00 bits per heavy atom. The van der Waals surface area contributed by atoms with E-state index in [9.17, 15) is 10.2 Å². The zero-order valence-electron chi connectivity index (χ0n) is 7.10. The van der Waals surface area contributed by atoms with Gasteiger partial charge in [0.05, 0.1) is 6.61 Å². The third-order valence-corrected chi connectivity index (χ3v) is 2.38. The molecule has 1 aliphatic rings. The molecule has 12 heavy (non-hydrogen) atoms. The number of aliphatic hydroxyl groups excluding tert-OH is 3. The van der Waals surface area contributed by atoms with Gasteiger partial charge in [0.15, 0.2) is 6.29 Å². The average Bonchev–Trinajstić information content (AvgIpc) is 2.08. The number of methoxy groups -OCH3 is 1. The third kappa shape index (κ3) is 1.34. The lowest BCUT2D eigenvalue weighted by molar-refractivity contribution is -0.292. The van der Waals surface area contributed by atoms with Gasteiger partial charge in [0.1, 0.15) is 17.8 Å². The van der Waals surface area contributed by atoms with Gasteiger partial charge in [-0.2, -0.15) is 0 Å². The van der Waals surface area contributed by atoms with Crippen molar-refractivity contribution in [2.45, 2.75) is 31.0 Å². The van der Waals surface area contributed by atoms with Crippen LogP contribution in [0.25, 0.3) is 0 Å². The highest BCUT2D eigenvalue weighted by Gasteiger charge is 2.48. The Kier molecular flexibility index (Phi) is 2.70. The SMILES string of the molecule is CO[C@@]1(C)[C@H](O)CO[C@H](O)[C@@H]1O. The summed E-state index contributed by atoms with van der Waals surface area (Å²) in [5.41, 5.74) is -1.16. The molecule has 0 spiro atoms. The maximum Gasteiger partial charge on any atom is 0.183 e. The highest BCUT2D eigenvalue weighted by molar-refractivity contribution is 4.95. The zero-order valence-corrected chi connectivity index (χ0v) is 7.10. The summed E-state index contributed by atoms with van der Waals surface area (Å²) in [7, 11) is 1.37. The second-order valence-corrected chi connectivity index (χ2v) is 3.07. The van der Waals surface area contributed by atoms with E-state index in [4.69, 9.17) is 9.84 Å². The first kappa shape index (κ1) is 9.88. The van der Waals surface area contributed by atoms with Gasteiger partial charge in [0, 0.05) is 7.11 Å². The minimum atomic E-state index is -1.29. The van der Waals surface area contributed by atoms with Crippen molar-refractivity contribution in [2.75, 3.05) is 13.7 Å². The molecule has 0 amide bonds. The van der Waals surface area contributed by atoms with E-state index in [0.717, 1.165) is 0 Å². The predicted molar refractivity (Wildman–Crippen MR) is 39.4 cm³/mol. The molecule has 0 aliphatic carbocycles. The topological polar surface area (TPSA) is 79.2 Å². The summed E-state index contributed by atoms with van der Waals surface area (Å²) in [6.07, 6.45) is -3.45. The monoisotopic (exact) mass is 178 g/mol. The molecule has 3 N–H and O–H groups in total. The van der Waals surface area contributed by atoms with Crippen molar-refractivity contribution < 1.29 is 24.8 Å². The quantitative estimate of drug-likeness (QED) is 0.453. The molecule has 1 heterocycles. The first-order chi connectivity index (χ1) is 5.52. The standard InChI is InChI=1S/C7H14O5/c1-7(11-2)4(8)3-12-6(10)5(7)9/h4-6,8-10H,3H2,1-2H3/t4-,5+,6+,7+/m1/s1. The summed E-state index contributed by atoms with van der Waals surface area (Å²) in [6.45, 7) is 1.48. The van der Waals surface area contributed by atoms with E-state index < -0.39 is 24.1 Å². The van der Waals surface area contributed by atoms with Crippen LogP contribution in [0.15, 0.2) is 0 Å². The first-order valence-electron chi connectivity index (χ1n) is 3.73. The van der Waals surface area contributed by atoms with Gasteiger partial charge < -0.3 is 24.8 Å². The Bertz CT molecular complexity index is 162. The molecule has 0 aromatic rings. The van der Waals surface area contributed by atoms with E-state index in [1.165, 1.54) is 14.0 Å². The molecule has 0 unspecified atom stereocenters. The smallest absolute Gasteiger partial charge is 0.183 e. The number of rotatable bonds is 1. The number of hydrogen-bond acceptors (Lipinski definition) is 5. The summed E-state index contributed by atoms with van der Waals surface area (Å²) in [5, 5.41) is 27.9. The molecule has 0 radical (unpaired) electrons. The zero-order chi connectivity index (χ0) is 9.35. The van der Waals surface area contributed by atoms with Gasteiger partial charge in [-0.1, -0.05) is 0 Å². The Morgan fingerprint density at radius 3 is 2.42 bits per heavy atom. The molecule has 5 nitrogen and oxygen atoms in total. The lowest BCUT2D eigenvalue weighted by atomic mass is 9.90. The Labute approximate surface area is 70.5 Å². The third-order valence-electron chi connectivity index (χ3n) is 2.38. The van der Waals surface area contributed by atoms with Crippen LogP contribution in [-0.4, -0.2) is 53.1 Å². The maximum atomic E-state index is 9.41. The minimum Gasteiger partial charge on any atom is -0.388 e. The molecule has 1 saturated heterocycles. The summed E-state index contributed by atoms with van der Waals surface area (Å²) in [5.74, 6) is 0. The number of ether oxygens (including phenoxy) is 2. The van der Waals surface area contributed by atoms with Gasteiger partial charge in [0.25, 0.3) is 0 Å². The highest BCUT2D eigenvalue weighted by atomic mass is 16.6. The van der Waals surface area contributed by atoms with E-state index in [0.29, 0.717) is 0 Å². The molecule has 72 valence electrons. The van der Waals surface area contributed by atoms with Crippen LogP contribution in [0.1, 0.15) is 6.92 Å². The fraction of sp³-hybridized carbons (Fsp3) is 1.00. The van der Waals surface area contributed by atoms with Crippen molar-refractivity contribution in [3.05, 3.63) is 0 Å². The molecule has 0 aromatic carbocycles. The van der Waals surface area contributed by atoms with E-state index >= 15 is 0 Å². The van der Waals surface area contributed by atoms with Gasteiger partial charge in [-0.3, -0.25) is 0 Å². The largest absolute Gasteiger partial charge is 0.388 e. The maximum absolute atomic E-state index is 9.41. The van der Waals surface area contributed by atoms with Crippen LogP contribution in [-0.2, 0) is 9.47 Å². The first-order valence-corrected chi connectivity index (χ1v) is 3.73. The Morgan fingerprint density at radius 1 is 1.42 bits per heavy atom. The minimum absolute atomic E-state index is 0.0391. The number of hydrogen-bond donors (Lipinski definition) is 3. The van der Waals surface area contributed by atoms with Crippen LogP contribution < -0.4 is 0 Å². The number of aliphatic hydroxyl groups is 3. The second kappa shape index (κ2) is 3.27. The molecular weight excluding hydrogens is 164 g/mol. The van der Waals surface area contributed by atoms with Crippen LogP contribution in [0.3, 0.4) is 0 Å².